The lowest BCUT2D eigenvalue weighted by Crippen LogP contribution is -2.27. The monoisotopic (exact) mass is 406 g/mol. The number of amides is 1. The molecular weight excluding hydrogens is 384 g/mol. The molecule has 150 valence electrons. The van der Waals surface area contributed by atoms with E-state index in [4.69, 9.17) is 9.47 Å². The summed E-state index contributed by atoms with van der Waals surface area (Å²) < 4.78 is 37.6. The van der Waals surface area contributed by atoms with Gasteiger partial charge in [0.25, 0.3) is 15.9 Å². The molecule has 0 unspecified atom stereocenters. The van der Waals surface area contributed by atoms with Crippen molar-refractivity contribution in [2.24, 2.45) is 0 Å². The van der Waals surface area contributed by atoms with Crippen molar-refractivity contribution >= 4 is 27.6 Å². The summed E-state index contributed by atoms with van der Waals surface area (Å²) in [5.74, 6) is -0.294. The van der Waals surface area contributed by atoms with Crippen LogP contribution >= 0.6 is 0 Å². The van der Waals surface area contributed by atoms with E-state index in [-0.39, 0.29) is 24.0 Å². The van der Waals surface area contributed by atoms with Gasteiger partial charge in [-0.1, -0.05) is 0 Å². The minimum absolute atomic E-state index is 0.0354. The van der Waals surface area contributed by atoms with Gasteiger partial charge < -0.3 is 14.4 Å². The number of carbonyl (C=O) groups excluding carboxylic acids is 2. The number of anilines is 1. The summed E-state index contributed by atoms with van der Waals surface area (Å²) in [5.41, 5.74) is 0.642. The average molecular weight is 406 g/mol. The van der Waals surface area contributed by atoms with Crippen molar-refractivity contribution in [2.75, 3.05) is 32.0 Å². The van der Waals surface area contributed by atoms with Gasteiger partial charge in [0.15, 0.2) is 6.61 Å². The van der Waals surface area contributed by atoms with Crippen molar-refractivity contribution in [2.45, 2.75) is 11.8 Å². The quantitative estimate of drug-likeness (QED) is 0.674. The first-order chi connectivity index (χ1) is 13.2. The second-order valence-corrected chi connectivity index (χ2v) is 7.63. The SMILES string of the molecule is CCOC(=O)c1ccc(NS(=O)(=O)c2ccc(OCC(=O)N(C)C)cc2)cc1. The number of esters is 1. The highest BCUT2D eigenvalue weighted by molar-refractivity contribution is 7.92. The van der Waals surface area contributed by atoms with E-state index in [1.54, 1.807) is 21.0 Å². The van der Waals surface area contributed by atoms with Crippen LogP contribution in [0.25, 0.3) is 0 Å². The van der Waals surface area contributed by atoms with Crippen LogP contribution in [0.2, 0.25) is 0 Å². The molecule has 0 bridgehead atoms. The first-order valence-electron chi connectivity index (χ1n) is 8.46. The first-order valence-corrected chi connectivity index (χ1v) is 9.94. The molecule has 0 spiro atoms. The Hall–Kier alpha value is -3.07. The van der Waals surface area contributed by atoms with Gasteiger partial charge in [-0.2, -0.15) is 0 Å². The maximum absolute atomic E-state index is 12.5. The molecule has 0 aromatic heterocycles. The lowest BCUT2D eigenvalue weighted by atomic mass is 10.2. The van der Waals surface area contributed by atoms with Crippen molar-refractivity contribution in [1.82, 2.24) is 4.90 Å². The summed E-state index contributed by atoms with van der Waals surface area (Å²) in [5, 5.41) is 0. The molecule has 9 heteroatoms. The lowest BCUT2D eigenvalue weighted by Gasteiger charge is -2.12. The molecule has 0 heterocycles. The van der Waals surface area contributed by atoms with Crippen LogP contribution in [0.3, 0.4) is 0 Å². The van der Waals surface area contributed by atoms with E-state index < -0.39 is 16.0 Å². The molecule has 0 aliphatic carbocycles. The van der Waals surface area contributed by atoms with Gasteiger partial charge in [0.2, 0.25) is 0 Å². The fraction of sp³-hybridized carbons (Fsp3) is 0.263. The Morgan fingerprint density at radius 3 is 2.14 bits per heavy atom. The first kappa shape index (κ1) is 21.2. The Labute approximate surface area is 164 Å². The van der Waals surface area contributed by atoms with Gasteiger partial charge in [0, 0.05) is 19.8 Å². The maximum Gasteiger partial charge on any atom is 0.338 e. The molecular formula is C19H22N2O6S. The second-order valence-electron chi connectivity index (χ2n) is 5.95. The highest BCUT2D eigenvalue weighted by Gasteiger charge is 2.15. The summed E-state index contributed by atoms with van der Waals surface area (Å²) >= 11 is 0. The van der Waals surface area contributed by atoms with E-state index in [1.165, 1.54) is 53.4 Å². The minimum Gasteiger partial charge on any atom is -0.484 e. The van der Waals surface area contributed by atoms with Crippen LogP contribution in [0.15, 0.2) is 53.4 Å². The van der Waals surface area contributed by atoms with Crippen molar-refractivity contribution in [1.29, 1.82) is 0 Å². The van der Waals surface area contributed by atoms with Crippen molar-refractivity contribution in [3.05, 3.63) is 54.1 Å². The molecule has 1 amide bonds. The standard InChI is InChI=1S/C19H22N2O6S/c1-4-26-19(23)14-5-7-15(8-6-14)20-28(24,25)17-11-9-16(10-12-17)27-13-18(22)21(2)3/h5-12,20H,4,13H2,1-3H3. The predicted octanol–water partition coefficient (Wildman–Crippen LogP) is 2.13. The molecule has 8 nitrogen and oxygen atoms in total. The summed E-state index contributed by atoms with van der Waals surface area (Å²) in [7, 11) is -0.580. The number of carbonyl (C=O) groups is 2. The summed E-state index contributed by atoms with van der Waals surface area (Å²) in [4.78, 5) is 24.6. The third-order valence-corrected chi connectivity index (χ3v) is 5.04. The third kappa shape index (κ3) is 5.71. The van der Waals surface area contributed by atoms with E-state index in [0.29, 0.717) is 17.0 Å². The van der Waals surface area contributed by atoms with Crippen LogP contribution in [0, 0.1) is 0 Å². The minimum atomic E-state index is -3.82. The Bertz CT molecular complexity index is 922. The Morgan fingerprint density at radius 1 is 1.00 bits per heavy atom. The number of sulfonamides is 1. The average Bonchev–Trinajstić information content (AvgIpc) is 2.66. The van der Waals surface area contributed by atoms with Gasteiger partial charge in [-0.15, -0.1) is 0 Å². The van der Waals surface area contributed by atoms with E-state index in [0.717, 1.165) is 0 Å². The smallest absolute Gasteiger partial charge is 0.338 e. The molecule has 0 radical (unpaired) electrons. The van der Waals surface area contributed by atoms with Gasteiger partial charge in [-0.05, 0) is 55.5 Å². The Kier molecular flexibility index (Phi) is 7.00. The molecule has 28 heavy (non-hydrogen) atoms. The van der Waals surface area contributed by atoms with E-state index in [1.807, 2.05) is 0 Å². The van der Waals surface area contributed by atoms with Gasteiger partial charge in [-0.25, -0.2) is 13.2 Å². The van der Waals surface area contributed by atoms with Gasteiger partial charge >= 0.3 is 5.97 Å². The Balaban J connectivity index is 2.04. The number of likely N-dealkylation sites (N-methyl/N-ethyl adjacent to an activating group) is 1. The highest BCUT2D eigenvalue weighted by atomic mass is 32.2. The van der Waals surface area contributed by atoms with Crippen molar-refractivity contribution in [3.8, 4) is 5.75 Å². The molecule has 0 aliphatic heterocycles. The summed E-state index contributed by atoms with van der Waals surface area (Å²) in [6.45, 7) is 1.83. The topological polar surface area (TPSA) is 102 Å². The number of benzene rings is 2. The Morgan fingerprint density at radius 2 is 1.61 bits per heavy atom. The molecule has 0 aliphatic rings. The third-order valence-electron chi connectivity index (χ3n) is 3.64. The maximum atomic E-state index is 12.5. The van der Waals surface area contributed by atoms with Gasteiger partial charge in [-0.3, -0.25) is 9.52 Å². The van der Waals surface area contributed by atoms with Crippen LogP contribution in [-0.2, 0) is 19.6 Å². The van der Waals surface area contributed by atoms with Gasteiger partial charge in [0.05, 0.1) is 17.1 Å². The number of nitrogens with one attached hydrogen (secondary N) is 1. The predicted molar refractivity (Wildman–Crippen MR) is 104 cm³/mol. The van der Waals surface area contributed by atoms with E-state index >= 15 is 0 Å². The van der Waals surface area contributed by atoms with Crippen molar-refractivity contribution < 1.29 is 27.5 Å². The van der Waals surface area contributed by atoms with Crippen LogP contribution in [0.4, 0.5) is 5.69 Å². The summed E-state index contributed by atoms with van der Waals surface area (Å²) in [6, 6.07) is 11.6. The molecule has 1 N–H and O–H groups in total. The van der Waals surface area contributed by atoms with Crippen LogP contribution < -0.4 is 9.46 Å². The fourth-order valence-corrected chi connectivity index (χ4v) is 3.15. The zero-order valence-electron chi connectivity index (χ0n) is 15.8. The molecule has 2 rings (SSSR count). The van der Waals surface area contributed by atoms with E-state index in [9.17, 15) is 18.0 Å². The number of hydrogen-bond acceptors (Lipinski definition) is 6. The molecule has 0 saturated heterocycles. The second kappa shape index (κ2) is 9.23. The number of rotatable bonds is 8. The highest BCUT2D eigenvalue weighted by Crippen LogP contribution is 2.20. The molecule has 2 aromatic rings. The fourth-order valence-electron chi connectivity index (χ4n) is 2.09. The molecule has 2 aromatic carbocycles. The lowest BCUT2D eigenvalue weighted by molar-refractivity contribution is -0.130. The zero-order valence-corrected chi connectivity index (χ0v) is 16.7. The number of ether oxygens (including phenoxy) is 2. The summed E-state index contributed by atoms with van der Waals surface area (Å²) in [6.07, 6.45) is 0. The van der Waals surface area contributed by atoms with E-state index in [2.05, 4.69) is 4.72 Å². The van der Waals surface area contributed by atoms with Crippen LogP contribution in [0.1, 0.15) is 17.3 Å². The van der Waals surface area contributed by atoms with Crippen LogP contribution in [0.5, 0.6) is 5.75 Å². The number of hydrogen-bond donors (Lipinski definition) is 1. The number of nitrogens with zero attached hydrogens (tertiary/aromatic N) is 1. The van der Waals surface area contributed by atoms with Crippen molar-refractivity contribution in [3.63, 3.8) is 0 Å². The molecule has 0 fully saturated rings. The molecule has 0 saturated carbocycles. The van der Waals surface area contributed by atoms with Crippen LogP contribution in [-0.4, -0.2) is 52.5 Å². The largest absolute Gasteiger partial charge is 0.484 e. The van der Waals surface area contributed by atoms with Gasteiger partial charge in [0.1, 0.15) is 5.75 Å². The zero-order chi connectivity index (χ0) is 20.7. The molecule has 0 atom stereocenters. The normalized spacial score (nSPS) is 10.8.